The molecule has 0 N–H and O–H groups in total. The van der Waals surface area contributed by atoms with Crippen LogP contribution < -0.4 is 4.74 Å². The van der Waals surface area contributed by atoms with Crippen LogP contribution in [0, 0.1) is 0 Å². The Kier molecular flexibility index (Phi) is 5.80. The molecule has 5 rings (SSSR count). The number of methoxy groups -OCH3 is 1. The molecule has 1 aromatic heterocycles. The van der Waals surface area contributed by atoms with Crippen LogP contribution in [-0.2, 0) is 17.9 Å². The van der Waals surface area contributed by atoms with Gasteiger partial charge in [0.1, 0.15) is 11.3 Å². The molecule has 35 heavy (non-hydrogen) atoms. The van der Waals surface area contributed by atoms with Gasteiger partial charge in [0.15, 0.2) is 6.61 Å². The molecule has 0 saturated heterocycles. The smallest absolute Gasteiger partial charge is 0.342 e. The maximum absolute atomic E-state index is 12.8. The lowest BCUT2D eigenvalue weighted by atomic mass is 10.1. The Balaban J connectivity index is 1.30. The van der Waals surface area contributed by atoms with Gasteiger partial charge in [-0.2, -0.15) is 0 Å². The van der Waals surface area contributed by atoms with Crippen LogP contribution in [0.2, 0.25) is 0 Å². The fourth-order valence-corrected chi connectivity index (χ4v) is 3.79. The molecule has 174 valence electrons. The van der Waals surface area contributed by atoms with E-state index in [1.165, 1.54) is 13.2 Å². The van der Waals surface area contributed by atoms with Crippen molar-refractivity contribution < 1.29 is 28.3 Å². The normalized spacial score (nSPS) is 12.5. The third-order valence-electron chi connectivity index (χ3n) is 5.52. The predicted molar refractivity (Wildman–Crippen MR) is 122 cm³/mol. The Bertz CT molecular complexity index is 1400. The van der Waals surface area contributed by atoms with Crippen LogP contribution in [-0.4, -0.2) is 40.0 Å². The number of carbonyl (C=O) groups is 3. The Hall–Kier alpha value is -4.79. The van der Waals surface area contributed by atoms with E-state index in [-0.39, 0.29) is 42.2 Å². The molecule has 0 spiro atoms. The molecule has 2 heterocycles. The van der Waals surface area contributed by atoms with Gasteiger partial charge >= 0.3 is 5.97 Å². The summed E-state index contributed by atoms with van der Waals surface area (Å²) >= 11 is 0. The zero-order valence-electron chi connectivity index (χ0n) is 18.6. The van der Waals surface area contributed by atoms with Gasteiger partial charge in [-0.15, -0.1) is 10.2 Å². The Morgan fingerprint density at radius 3 is 2.29 bits per heavy atom. The Morgan fingerprint density at radius 1 is 0.914 bits per heavy atom. The molecule has 0 radical (unpaired) electrons. The van der Waals surface area contributed by atoms with E-state index in [1.54, 1.807) is 36.4 Å². The van der Waals surface area contributed by atoms with E-state index in [0.29, 0.717) is 22.6 Å². The van der Waals surface area contributed by atoms with Crippen molar-refractivity contribution in [2.75, 3.05) is 7.11 Å². The first-order chi connectivity index (χ1) is 17.0. The number of ether oxygens (including phenoxy) is 2. The molecule has 0 aliphatic carbocycles. The predicted octanol–water partition coefficient (Wildman–Crippen LogP) is 3.90. The van der Waals surface area contributed by atoms with Crippen LogP contribution in [0.1, 0.15) is 42.5 Å². The first kappa shape index (κ1) is 22.0. The summed E-state index contributed by atoms with van der Waals surface area (Å²) < 4.78 is 16.2. The highest BCUT2D eigenvalue weighted by Crippen LogP contribution is 2.27. The number of fused-ring (bicyclic) bond motifs is 1. The van der Waals surface area contributed by atoms with Gasteiger partial charge in [-0.3, -0.25) is 14.5 Å². The fourth-order valence-electron chi connectivity index (χ4n) is 3.79. The van der Waals surface area contributed by atoms with E-state index >= 15 is 0 Å². The highest BCUT2D eigenvalue weighted by Gasteiger charge is 2.35. The van der Waals surface area contributed by atoms with E-state index in [9.17, 15) is 14.4 Å². The van der Waals surface area contributed by atoms with Gasteiger partial charge in [-0.05, 0) is 42.0 Å². The van der Waals surface area contributed by atoms with E-state index in [1.807, 2.05) is 30.3 Å². The van der Waals surface area contributed by atoms with Crippen molar-refractivity contribution in [2.45, 2.75) is 13.2 Å². The first-order valence-electron chi connectivity index (χ1n) is 10.7. The number of rotatable bonds is 7. The topological polar surface area (TPSA) is 112 Å². The number of carbonyl (C=O) groups excluding carboxylic acids is 3. The van der Waals surface area contributed by atoms with Gasteiger partial charge < -0.3 is 13.9 Å². The molecular weight excluding hydrogens is 450 g/mol. The SMILES string of the molecule is COc1ccc(CN2C(=O)c3ccccc3C2=O)cc1C(=O)OCc1nnc(-c2ccccc2)o1. The van der Waals surface area contributed by atoms with Crippen molar-refractivity contribution in [3.8, 4) is 17.2 Å². The van der Waals surface area contributed by atoms with Gasteiger partial charge in [0.25, 0.3) is 17.7 Å². The fraction of sp³-hybridized carbons (Fsp3) is 0.115. The van der Waals surface area contributed by atoms with Crippen LogP contribution in [0.5, 0.6) is 5.75 Å². The summed E-state index contributed by atoms with van der Waals surface area (Å²) in [6.07, 6.45) is 0. The zero-order chi connectivity index (χ0) is 24.4. The molecule has 9 nitrogen and oxygen atoms in total. The second-order valence-corrected chi connectivity index (χ2v) is 7.72. The number of benzene rings is 3. The molecule has 0 fully saturated rings. The molecule has 0 bridgehead atoms. The number of nitrogens with zero attached hydrogens (tertiary/aromatic N) is 3. The highest BCUT2D eigenvalue weighted by atomic mass is 16.5. The van der Waals surface area contributed by atoms with E-state index in [0.717, 1.165) is 10.5 Å². The molecule has 3 aromatic carbocycles. The van der Waals surface area contributed by atoms with Crippen molar-refractivity contribution in [1.29, 1.82) is 0 Å². The maximum atomic E-state index is 12.8. The molecule has 1 aliphatic rings. The number of amides is 2. The Morgan fingerprint density at radius 2 is 1.60 bits per heavy atom. The number of esters is 1. The Labute approximate surface area is 199 Å². The maximum Gasteiger partial charge on any atom is 0.342 e. The first-order valence-corrected chi connectivity index (χ1v) is 10.7. The number of hydrogen-bond acceptors (Lipinski definition) is 8. The van der Waals surface area contributed by atoms with E-state index < -0.39 is 5.97 Å². The quantitative estimate of drug-likeness (QED) is 0.296. The number of imide groups is 1. The van der Waals surface area contributed by atoms with Crippen LogP contribution in [0.3, 0.4) is 0 Å². The molecule has 1 aliphatic heterocycles. The summed E-state index contributed by atoms with van der Waals surface area (Å²) in [4.78, 5) is 39.3. The molecule has 0 saturated carbocycles. The van der Waals surface area contributed by atoms with Crippen molar-refractivity contribution in [2.24, 2.45) is 0 Å². The summed E-state index contributed by atoms with van der Waals surface area (Å²) in [7, 11) is 1.43. The molecule has 9 heteroatoms. The van der Waals surface area contributed by atoms with Gasteiger partial charge in [0.2, 0.25) is 5.89 Å². The van der Waals surface area contributed by atoms with E-state index in [2.05, 4.69) is 10.2 Å². The molecule has 4 aromatic rings. The van der Waals surface area contributed by atoms with Gasteiger partial charge in [0.05, 0.1) is 24.8 Å². The lowest BCUT2D eigenvalue weighted by molar-refractivity contribution is 0.0434. The summed E-state index contributed by atoms with van der Waals surface area (Å²) in [5.41, 5.74) is 2.18. The minimum absolute atomic E-state index is 0.000710. The third kappa shape index (κ3) is 4.26. The van der Waals surface area contributed by atoms with Crippen molar-refractivity contribution in [3.05, 3.63) is 101 Å². The summed E-state index contributed by atoms with van der Waals surface area (Å²) in [5, 5.41) is 7.89. The van der Waals surface area contributed by atoms with Crippen LogP contribution in [0.4, 0.5) is 0 Å². The van der Waals surface area contributed by atoms with Crippen LogP contribution >= 0.6 is 0 Å². The highest BCUT2D eigenvalue weighted by molar-refractivity contribution is 6.21. The average molecular weight is 469 g/mol. The van der Waals surface area contributed by atoms with Gasteiger partial charge in [0, 0.05) is 5.56 Å². The third-order valence-corrected chi connectivity index (χ3v) is 5.52. The lowest BCUT2D eigenvalue weighted by Gasteiger charge is -2.15. The lowest BCUT2D eigenvalue weighted by Crippen LogP contribution is -2.29. The van der Waals surface area contributed by atoms with E-state index in [4.69, 9.17) is 13.9 Å². The molecule has 0 unspecified atom stereocenters. The standard InChI is InChI=1S/C26H19N3O6/c1-33-21-12-11-16(14-29-24(30)18-9-5-6-10-19(18)25(29)31)13-20(21)26(32)34-15-22-27-28-23(35-22)17-7-3-2-4-8-17/h2-13H,14-15H2,1H3. The van der Waals surface area contributed by atoms with Gasteiger partial charge in [-0.1, -0.05) is 36.4 Å². The average Bonchev–Trinajstić information content (AvgIpc) is 3.47. The minimum atomic E-state index is -0.675. The largest absolute Gasteiger partial charge is 0.496 e. The minimum Gasteiger partial charge on any atom is -0.496 e. The van der Waals surface area contributed by atoms with Crippen molar-refractivity contribution in [1.82, 2.24) is 15.1 Å². The van der Waals surface area contributed by atoms with Crippen LogP contribution in [0.25, 0.3) is 11.5 Å². The van der Waals surface area contributed by atoms with Crippen molar-refractivity contribution in [3.63, 3.8) is 0 Å². The molecular formula is C26H19N3O6. The zero-order valence-corrected chi connectivity index (χ0v) is 18.6. The summed E-state index contributed by atoms with van der Waals surface area (Å²) in [6.45, 7) is -0.231. The van der Waals surface area contributed by atoms with Crippen molar-refractivity contribution >= 4 is 17.8 Å². The summed E-state index contributed by atoms with van der Waals surface area (Å²) in [5.74, 6) is -0.690. The summed E-state index contributed by atoms with van der Waals surface area (Å²) in [6, 6.07) is 20.7. The monoisotopic (exact) mass is 469 g/mol. The number of aromatic nitrogens is 2. The van der Waals surface area contributed by atoms with Gasteiger partial charge in [-0.25, -0.2) is 4.79 Å². The second-order valence-electron chi connectivity index (χ2n) is 7.72. The molecule has 0 atom stereocenters. The second kappa shape index (κ2) is 9.22. The molecule has 2 amide bonds. The van der Waals surface area contributed by atoms with Crippen LogP contribution in [0.15, 0.2) is 77.2 Å². The number of hydrogen-bond donors (Lipinski definition) is 0.